The maximum absolute atomic E-state index is 12.6. The quantitative estimate of drug-likeness (QED) is 0.0320. The van der Waals surface area contributed by atoms with E-state index >= 15 is 0 Å². The van der Waals surface area contributed by atoms with Crippen LogP contribution in [0.3, 0.4) is 0 Å². The van der Waals surface area contributed by atoms with Gasteiger partial charge in [0.1, 0.15) is 0 Å². The Morgan fingerprint density at radius 2 is 0.566 bits per heavy atom. The predicted octanol–water partition coefficient (Wildman–Crippen LogP) is 25.1. The first-order valence-electron chi connectivity index (χ1n) is 38.4. The van der Waals surface area contributed by atoms with E-state index < -0.39 is 12.1 Å². The molecule has 3 N–H and O–H groups in total. The Balaban J connectivity index is 3.36. The molecule has 0 heterocycles. The maximum Gasteiger partial charge on any atom is 0.305 e. The molecule has 0 saturated carbocycles. The van der Waals surface area contributed by atoms with Gasteiger partial charge in [0.15, 0.2) is 0 Å². The van der Waals surface area contributed by atoms with Gasteiger partial charge in [-0.05, 0) is 51.4 Å². The lowest BCUT2D eigenvalue weighted by atomic mass is 10.0. The number of ether oxygens (including phenoxy) is 1. The summed E-state index contributed by atoms with van der Waals surface area (Å²) in [7, 11) is 0. The summed E-state index contributed by atoms with van der Waals surface area (Å²) < 4.78 is 5.50. The third-order valence-corrected chi connectivity index (χ3v) is 18.3. The standard InChI is InChI=1S/C77H151NO5/c1-3-5-7-9-11-13-15-17-19-21-22-23-24-26-29-32-35-38-41-45-49-53-57-61-65-69-75(80)74(73-79)78-76(81)70-66-62-58-54-50-46-42-39-36-33-30-27-25-28-31-34-37-40-44-48-52-56-60-64-68-72-83-77(82)71-67-63-59-55-51-47-43-20-18-16-14-12-10-8-6-4-2/h20,43,74-75,79-80H,3-19,21-42,44-73H2,1-2H3,(H,78,81)/b43-20-. The van der Waals surface area contributed by atoms with Crippen molar-refractivity contribution in [3.05, 3.63) is 12.2 Å². The average Bonchev–Trinajstić information content (AvgIpc) is 3.49. The number of aliphatic hydroxyl groups excluding tert-OH is 2. The average molecular weight is 1170 g/mol. The molecule has 494 valence electrons. The number of unbranched alkanes of at least 4 members (excludes halogenated alkanes) is 60. The van der Waals surface area contributed by atoms with Gasteiger partial charge in [0.05, 0.1) is 25.4 Å². The van der Waals surface area contributed by atoms with Gasteiger partial charge < -0.3 is 20.3 Å². The van der Waals surface area contributed by atoms with Crippen LogP contribution in [0.25, 0.3) is 0 Å². The molecule has 0 bridgehead atoms. The number of esters is 1. The van der Waals surface area contributed by atoms with E-state index in [2.05, 4.69) is 31.3 Å². The molecule has 1 amide bonds. The summed E-state index contributed by atoms with van der Waals surface area (Å²) >= 11 is 0. The van der Waals surface area contributed by atoms with Crippen LogP contribution in [-0.4, -0.2) is 47.4 Å². The van der Waals surface area contributed by atoms with Crippen LogP contribution >= 0.6 is 0 Å². The molecule has 6 heteroatoms. The molecular formula is C77H151NO5. The summed E-state index contributed by atoms with van der Waals surface area (Å²) in [5, 5.41) is 23.5. The minimum absolute atomic E-state index is 0.0105. The van der Waals surface area contributed by atoms with Crippen molar-refractivity contribution in [2.75, 3.05) is 13.2 Å². The van der Waals surface area contributed by atoms with E-state index in [1.165, 1.54) is 366 Å². The second-order valence-corrected chi connectivity index (χ2v) is 26.7. The zero-order valence-electron chi connectivity index (χ0n) is 56.7. The highest BCUT2D eigenvalue weighted by Gasteiger charge is 2.20. The van der Waals surface area contributed by atoms with Crippen LogP contribution in [0.1, 0.15) is 444 Å². The van der Waals surface area contributed by atoms with E-state index in [0.29, 0.717) is 25.9 Å². The molecule has 0 aliphatic rings. The van der Waals surface area contributed by atoms with Gasteiger partial charge in [-0.3, -0.25) is 9.59 Å². The van der Waals surface area contributed by atoms with Gasteiger partial charge in [-0.2, -0.15) is 0 Å². The molecule has 0 aliphatic heterocycles. The van der Waals surface area contributed by atoms with Crippen LogP contribution in [0.4, 0.5) is 0 Å². The van der Waals surface area contributed by atoms with E-state index in [-0.39, 0.29) is 18.5 Å². The van der Waals surface area contributed by atoms with Gasteiger partial charge >= 0.3 is 5.97 Å². The van der Waals surface area contributed by atoms with Crippen molar-refractivity contribution in [3.63, 3.8) is 0 Å². The third-order valence-electron chi connectivity index (χ3n) is 18.3. The number of carbonyl (C=O) groups excluding carboxylic acids is 2. The van der Waals surface area contributed by atoms with E-state index in [9.17, 15) is 19.8 Å². The predicted molar refractivity (Wildman–Crippen MR) is 366 cm³/mol. The first kappa shape index (κ1) is 81.6. The molecule has 2 atom stereocenters. The van der Waals surface area contributed by atoms with Crippen LogP contribution in [0, 0.1) is 0 Å². The maximum atomic E-state index is 12.6. The summed E-state index contributed by atoms with van der Waals surface area (Å²) in [6.45, 7) is 5.00. The number of hydrogen-bond donors (Lipinski definition) is 3. The summed E-state index contributed by atoms with van der Waals surface area (Å²) in [5.74, 6) is -0.0167. The molecule has 0 radical (unpaired) electrons. The van der Waals surface area contributed by atoms with Crippen molar-refractivity contribution >= 4 is 11.9 Å². The van der Waals surface area contributed by atoms with Crippen molar-refractivity contribution in [1.82, 2.24) is 5.32 Å². The number of carbonyl (C=O) groups is 2. The van der Waals surface area contributed by atoms with E-state index in [4.69, 9.17) is 4.74 Å². The Hall–Kier alpha value is -1.40. The van der Waals surface area contributed by atoms with Gasteiger partial charge in [-0.15, -0.1) is 0 Å². The first-order valence-corrected chi connectivity index (χ1v) is 38.4. The van der Waals surface area contributed by atoms with Gasteiger partial charge in [-0.25, -0.2) is 0 Å². The number of allylic oxidation sites excluding steroid dienone is 2. The highest BCUT2D eigenvalue weighted by Crippen LogP contribution is 2.20. The number of amides is 1. The second-order valence-electron chi connectivity index (χ2n) is 26.7. The van der Waals surface area contributed by atoms with Gasteiger partial charge in [-0.1, -0.05) is 392 Å². The fraction of sp³-hybridized carbons (Fsp3) is 0.948. The molecule has 0 aliphatic carbocycles. The van der Waals surface area contributed by atoms with Crippen molar-refractivity contribution in [2.45, 2.75) is 456 Å². The van der Waals surface area contributed by atoms with Crippen LogP contribution in [0.15, 0.2) is 12.2 Å². The summed E-state index contributed by atoms with van der Waals surface area (Å²) in [4.78, 5) is 24.7. The second kappa shape index (κ2) is 73.1. The van der Waals surface area contributed by atoms with Crippen LogP contribution in [-0.2, 0) is 14.3 Å². The number of rotatable bonds is 73. The zero-order valence-corrected chi connectivity index (χ0v) is 56.7. The monoisotopic (exact) mass is 1170 g/mol. The minimum atomic E-state index is -0.664. The lowest BCUT2D eigenvalue weighted by Gasteiger charge is -2.22. The van der Waals surface area contributed by atoms with Crippen molar-refractivity contribution in [1.29, 1.82) is 0 Å². The molecule has 0 aromatic heterocycles. The molecule has 0 saturated heterocycles. The molecule has 0 aromatic carbocycles. The lowest BCUT2D eigenvalue weighted by molar-refractivity contribution is -0.143. The lowest BCUT2D eigenvalue weighted by Crippen LogP contribution is -2.45. The fourth-order valence-corrected chi connectivity index (χ4v) is 12.5. The van der Waals surface area contributed by atoms with E-state index in [0.717, 1.165) is 44.9 Å². The summed E-state index contributed by atoms with van der Waals surface area (Å²) in [6, 6.07) is -0.541. The number of nitrogens with one attached hydrogen (secondary N) is 1. The first-order chi connectivity index (χ1) is 41.0. The van der Waals surface area contributed by atoms with Crippen LogP contribution in [0.2, 0.25) is 0 Å². The van der Waals surface area contributed by atoms with E-state index in [1.54, 1.807) is 0 Å². The minimum Gasteiger partial charge on any atom is -0.466 e. The normalized spacial score (nSPS) is 12.5. The van der Waals surface area contributed by atoms with Gasteiger partial charge in [0, 0.05) is 12.8 Å². The molecule has 0 aromatic rings. The SMILES string of the molecule is CCCCCCCCC/C=C\CCCCCCCC(=O)OCCCCCCCCCCCCCCCCCCCCCCCCCCCC(=O)NC(CO)C(O)CCCCCCCCCCCCCCCCCCCCCCCCCCC. The highest BCUT2D eigenvalue weighted by molar-refractivity contribution is 5.76. The van der Waals surface area contributed by atoms with E-state index in [1.807, 2.05) is 0 Å². The van der Waals surface area contributed by atoms with Gasteiger partial charge in [0.2, 0.25) is 5.91 Å². The molecule has 2 unspecified atom stereocenters. The third kappa shape index (κ3) is 69.6. The smallest absolute Gasteiger partial charge is 0.305 e. The summed E-state index contributed by atoms with van der Waals surface area (Å²) in [5.41, 5.74) is 0. The number of hydrogen-bond acceptors (Lipinski definition) is 5. The Bertz CT molecular complexity index is 1260. The van der Waals surface area contributed by atoms with Crippen LogP contribution in [0.5, 0.6) is 0 Å². The van der Waals surface area contributed by atoms with Crippen molar-refractivity contribution in [2.24, 2.45) is 0 Å². The molecule has 6 nitrogen and oxygen atoms in total. The Morgan fingerprint density at radius 3 is 0.855 bits per heavy atom. The van der Waals surface area contributed by atoms with Crippen molar-refractivity contribution in [3.8, 4) is 0 Å². The molecular weight excluding hydrogens is 1020 g/mol. The van der Waals surface area contributed by atoms with Gasteiger partial charge in [0.25, 0.3) is 0 Å². The van der Waals surface area contributed by atoms with Crippen LogP contribution < -0.4 is 5.32 Å². The number of aliphatic hydroxyl groups is 2. The topological polar surface area (TPSA) is 95.9 Å². The Morgan fingerprint density at radius 1 is 0.325 bits per heavy atom. The molecule has 0 rings (SSSR count). The zero-order chi connectivity index (χ0) is 59.9. The molecule has 0 fully saturated rings. The Labute approximate surface area is 520 Å². The molecule has 0 spiro atoms. The Kier molecular flexibility index (Phi) is 71.8. The fourth-order valence-electron chi connectivity index (χ4n) is 12.5. The van der Waals surface area contributed by atoms with Crippen molar-refractivity contribution < 1.29 is 24.5 Å². The highest BCUT2D eigenvalue weighted by atomic mass is 16.5. The molecule has 83 heavy (non-hydrogen) atoms. The largest absolute Gasteiger partial charge is 0.466 e. The summed E-state index contributed by atoms with van der Waals surface area (Å²) in [6.07, 6.45) is 91.4.